The lowest BCUT2D eigenvalue weighted by molar-refractivity contribution is 0.414. The maximum atomic E-state index is 5.35. The molecule has 3 rings (SSSR count). The van der Waals surface area contributed by atoms with E-state index < -0.39 is 0 Å². The van der Waals surface area contributed by atoms with Gasteiger partial charge in [0.25, 0.3) is 0 Å². The second-order valence-corrected chi connectivity index (χ2v) is 6.80. The van der Waals surface area contributed by atoms with E-state index in [-0.39, 0.29) is 0 Å². The molecule has 0 unspecified atom stereocenters. The quantitative estimate of drug-likeness (QED) is 0.520. The molecule has 3 aromatic rings. The van der Waals surface area contributed by atoms with Crippen molar-refractivity contribution < 1.29 is 14.2 Å². The van der Waals surface area contributed by atoms with Crippen molar-refractivity contribution in [3.05, 3.63) is 89.5 Å². The molecular weight excluding hydrogens is 362 g/mol. The average molecular weight is 389 g/mol. The zero-order valence-corrected chi connectivity index (χ0v) is 17.6. The van der Waals surface area contributed by atoms with Crippen molar-refractivity contribution in [1.82, 2.24) is 4.90 Å². The molecule has 4 heteroatoms. The molecule has 0 aliphatic rings. The summed E-state index contributed by atoms with van der Waals surface area (Å²) in [6.45, 7) is 0. The summed E-state index contributed by atoms with van der Waals surface area (Å²) in [7, 11) is 9.16. The third-order valence-electron chi connectivity index (χ3n) is 4.80. The Morgan fingerprint density at radius 1 is 0.517 bits per heavy atom. The highest BCUT2D eigenvalue weighted by Gasteiger charge is 2.16. The lowest BCUT2D eigenvalue weighted by Gasteiger charge is -2.24. The SMILES string of the molecule is COc1ccc(C(=C(c2ccc(OC)cc2)N(C)C)c2ccc(OC)cc2)cc1. The smallest absolute Gasteiger partial charge is 0.118 e. The predicted molar refractivity (Wildman–Crippen MR) is 119 cm³/mol. The van der Waals surface area contributed by atoms with E-state index in [1.807, 2.05) is 36.4 Å². The summed E-state index contributed by atoms with van der Waals surface area (Å²) in [4.78, 5) is 2.14. The van der Waals surface area contributed by atoms with Crippen LogP contribution < -0.4 is 14.2 Å². The maximum Gasteiger partial charge on any atom is 0.118 e. The van der Waals surface area contributed by atoms with E-state index in [1.54, 1.807) is 21.3 Å². The van der Waals surface area contributed by atoms with Crippen molar-refractivity contribution in [2.75, 3.05) is 35.4 Å². The number of nitrogens with zero attached hydrogens (tertiary/aromatic N) is 1. The summed E-state index contributed by atoms with van der Waals surface area (Å²) in [6, 6.07) is 24.4. The molecule has 0 aliphatic carbocycles. The zero-order chi connectivity index (χ0) is 20.8. The molecule has 0 fully saturated rings. The van der Waals surface area contributed by atoms with E-state index in [0.717, 1.165) is 45.2 Å². The van der Waals surface area contributed by atoms with Gasteiger partial charge in [0.2, 0.25) is 0 Å². The molecule has 0 aromatic heterocycles. The molecule has 0 radical (unpaired) electrons. The lowest BCUT2D eigenvalue weighted by Crippen LogP contribution is -2.13. The van der Waals surface area contributed by atoms with Crippen LogP contribution in [0.25, 0.3) is 11.3 Å². The topological polar surface area (TPSA) is 30.9 Å². The molecule has 0 atom stereocenters. The van der Waals surface area contributed by atoms with Crippen LogP contribution in [-0.4, -0.2) is 40.3 Å². The van der Waals surface area contributed by atoms with E-state index in [9.17, 15) is 0 Å². The molecule has 150 valence electrons. The van der Waals surface area contributed by atoms with Crippen LogP contribution in [0.1, 0.15) is 16.7 Å². The molecule has 0 saturated carbocycles. The number of benzene rings is 3. The molecule has 0 amide bonds. The Kier molecular flexibility index (Phi) is 6.45. The average Bonchev–Trinajstić information content (AvgIpc) is 2.77. The molecule has 0 saturated heterocycles. The normalized spacial score (nSPS) is 10.2. The van der Waals surface area contributed by atoms with Gasteiger partial charge in [-0.25, -0.2) is 0 Å². The third kappa shape index (κ3) is 4.54. The number of rotatable bonds is 7. The van der Waals surface area contributed by atoms with E-state index in [4.69, 9.17) is 14.2 Å². The first-order valence-electron chi connectivity index (χ1n) is 9.42. The van der Waals surface area contributed by atoms with Gasteiger partial charge < -0.3 is 19.1 Å². The first-order valence-corrected chi connectivity index (χ1v) is 9.42. The fourth-order valence-corrected chi connectivity index (χ4v) is 3.33. The van der Waals surface area contributed by atoms with Gasteiger partial charge in [0.1, 0.15) is 17.2 Å². The van der Waals surface area contributed by atoms with Gasteiger partial charge in [-0.3, -0.25) is 0 Å². The lowest BCUT2D eigenvalue weighted by atomic mass is 9.92. The summed E-state index contributed by atoms with van der Waals surface area (Å²) >= 11 is 0. The van der Waals surface area contributed by atoms with Gasteiger partial charge in [-0.1, -0.05) is 24.3 Å². The van der Waals surface area contributed by atoms with Crippen LogP contribution >= 0.6 is 0 Å². The Morgan fingerprint density at radius 2 is 0.828 bits per heavy atom. The van der Waals surface area contributed by atoms with Crippen molar-refractivity contribution in [3.63, 3.8) is 0 Å². The molecule has 4 nitrogen and oxygen atoms in total. The third-order valence-corrected chi connectivity index (χ3v) is 4.80. The van der Waals surface area contributed by atoms with Crippen LogP contribution in [0.4, 0.5) is 0 Å². The Morgan fingerprint density at radius 3 is 1.10 bits per heavy atom. The van der Waals surface area contributed by atoms with E-state index in [0.29, 0.717) is 0 Å². The molecule has 29 heavy (non-hydrogen) atoms. The van der Waals surface area contributed by atoms with Crippen molar-refractivity contribution in [3.8, 4) is 17.2 Å². The van der Waals surface area contributed by atoms with Crippen molar-refractivity contribution in [2.24, 2.45) is 0 Å². The summed E-state index contributed by atoms with van der Waals surface area (Å²) in [6.07, 6.45) is 0. The predicted octanol–water partition coefficient (Wildman–Crippen LogP) is 5.19. The van der Waals surface area contributed by atoms with Gasteiger partial charge in [0.15, 0.2) is 0 Å². The first-order chi connectivity index (χ1) is 14.1. The van der Waals surface area contributed by atoms with Crippen LogP contribution in [-0.2, 0) is 0 Å². The van der Waals surface area contributed by atoms with E-state index >= 15 is 0 Å². The highest BCUT2D eigenvalue weighted by atomic mass is 16.5. The summed E-state index contributed by atoms with van der Waals surface area (Å²) in [5.74, 6) is 2.50. The van der Waals surface area contributed by atoms with E-state index in [1.165, 1.54) is 0 Å². The second kappa shape index (κ2) is 9.20. The first kappa shape index (κ1) is 20.3. The number of methoxy groups -OCH3 is 3. The number of hydrogen-bond donors (Lipinski definition) is 0. The molecular formula is C25H27NO3. The van der Waals surface area contributed by atoms with E-state index in [2.05, 4.69) is 55.4 Å². The van der Waals surface area contributed by atoms with Crippen LogP contribution in [0.15, 0.2) is 72.8 Å². The van der Waals surface area contributed by atoms with Crippen molar-refractivity contribution >= 4 is 11.3 Å². The summed E-state index contributed by atoms with van der Waals surface area (Å²) in [5, 5.41) is 0. The van der Waals surface area contributed by atoms with Gasteiger partial charge in [0.05, 0.1) is 27.0 Å². The standard InChI is InChI=1S/C25H27NO3/c1-26(2)25(20-10-16-23(29-5)17-11-20)24(18-6-12-21(27-3)13-7-18)19-8-14-22(28-4)15-9-19/h6-17H,1-5H3. The summed E-state index contributed by atoms with van der Waals surface area (Å²) < 4.78 is 16.0. The van der Waals surface area contributed by atoms with Crippen LogP contribution in [0.3, 0.4) is 0 Å². The molecule has 0 spiro atoms. The fraction of sp³-hybridized carbons (Fsp3) is 0.200. The largest absolute Gasteiger partial charge is 0.497 e. The zero-order valence-electron chi connectivity index (χ0n) is 17.6. The molecule has 0 aliphatic heterocycles. The Bertz CT molecular complexity index is 907. The molecule has 3 aromatic carbocycles. The van der Waals surface area contributed by atoms with Crippen molar-refractivity contribution in [1.29, 1.82) is 0 Å². The van der Waals surface area contributed by atoms with Crippen LogP contribution in [0, 0.1) is 0 Å². The monoisotopic (exact) mass is 389 g/mol. The van der Waals surface area contributed by atoms with Crippen LogP contribution in [0.5, 0.6) is 17.2 Å². The Labute approximate surface area is 173 Å². The minimum Gasteiger partial charge on any atom is -0.497 e. The number of ether oxygens (including phenoxy) is 3. The van der Waals surface area contributed by atoms with Gasteiger partial charge in [0, 0.05) is 19.7 Å². The Balaban J connectivity index is 2.25. The molecule has 0 bridgehead atoms. The maximum absolute atomic E-state index is 5.35. The van der Waals surface area contributed by atoms with Gasteiger partial charge in [-0.05, 0) is 65.2 Å². The highest BCUT2D eigenvalue weighted by Crippen LogP contribution is 2.35. The highest BCUT2D eigenvalue weighted by molar-refractivity contribution is 5.98. The second-order valence-electron chi connectivity index (χ2n) is 6.80. The van der Waals surface area contributed by atoms with Gasteiger partial charge in [-0.2, -0.15) is 0 Å². The molecule has 0 N–H and O–H groups in total. The minimum atomic E-state index is 0.832. The Hall–Kier alpha value is -3.40. The van der Waals surface area contributed by atoms with Gasteiger partial charge in [-0.15, -0.1) is 0 Å². The van der Waals surface area contributed by atoms with Crippen LogP contribution in [0.2, 0.25) is 0 Å². The number of hydrogen-bond acceptors (Lipinski definition) is 4. The van der Waals surface area contributed by atoms with Crippen molar-refractivity contribution in [2.45, 2.75) is 0 Å². The summed E-state index contributed by atoms with van der Waals surface area (Å²) in [5.41, 5.74) is 5.57. The minimum absolute atomic E-state index is 0.832. The van der Waals surface area contributed by atoms with Gasteiger partial charge >= 0.3 is 0 Å². The molecule has 0 heterocycles. The fourth-order valence-electron chi connectivity index (χ4n) is 3.33.